The molecule has 1 fully saturated rings. The monoisotopic (exact) mass is 259 g/mol. The lowest BCUT2D eigenvalue weighted by Gasteiger charge is -2.29. The molecule has 1 heterocycles. The second-order valence-corrected chi connectivity index (χ2v) is 6.78. The van der Waals surface area contributed by atoms with Gasteiger partial charge in [0, 0.05) is 17.1 Å². The number of rotatable bonds is 1. The minimum absolute atomic E-state index is 0.0278. The summed E-state index contributed by atoms with van der Waals surface area (Å²) in [6.45, 7) is 1.88. The predicted octanol–water partition coefficient (Wildman–Crippen LogP) is 1.79. The Kier molecular flexibility index (Phi) is 3.24. The smallest absolute Gasteiger partial charge is 0.153 e. The lowest BCUT2D eigenvalue weighted by molar-refractivity contribution is 0.469. The van der Waals surface area contributed by atoms with Gasteiger partial charge in [-0.05, 0) is 18.6 Å². The average molecular weight is 260 g/mol. The van der Waals surface area contributed by atoms with Crippen molar-refractivity contribution in [2.24, 2.45) is 0 Å². The molecule has 2 atom stereocenters. The summed E-state index contributed by atoms with van der Waals surface area (Å²) >= 11 is 6.06. The summed E-state index contributed by atoms with van der Waals surface area (Å²) in [5.74, 6) is 0.328. The van der Waals surface area contributed by atoms with Crippen LogP contribution >= 0.6 is 11.6 Å². The average Bonchev–Trinajstić information content (AvgIpc) is 2.15. The Morgan fingerprint density at radius 1 is 1.31 bits per heavy atom. The third kappa shape index (κ3) is 2.56. The van der Waals surface area contributed by atoms with E-state index in [0.717, 1.165) is 5.56 Å². The highest BCUT2D eigenvalue weighted by Crippen LogP contribution is 2.26. The van der Waals surface area contributed by atoms with E-state index in [1.165, 1.54) is 0 Å². The predicted molar refractivity (Wildman–Crippen MR) is 65.4 cm³/mol. The molecule has 0 spiro atoms. The zero-order valence-electron chi connectivity index (χ0n) is 8.98. The fourth-order valence-electron chi connectivity index (χ4n) is 2.08. The first-order valence-electron chi connectivity index (χ1n) is 5.19. The van der Waals surface area contributed by atoms with Gasteiger partial charge in [0.15, 0.2) is 9.84 Å². The summed E-state index contributed by atoms with van der Waals surface area (Å²) in [4.78, 5) is 0. The Morgan fingerprint density at radius 3 is 2.62 bits per heavy atom. The number of sulfone groups is 1. The zero-order chi connectivity index (χ0) is 11.8. The summed E-state index contributed by atoms with van der Waals surface area (Å²) in [5.41, 5.74) is 0.860. The number of halogens is 1. The molecule has 0 bridgehead atoms. The Labute approximate surface area is 101 Å². The van der Waals surface area contributed by atoms with Gasteiger partial charge in [0.05, 0.1) is 11.5 Å². The number of hydrogen-bond acceptors (Lipinski definition) is 3. The third-order valence-corrected chi connectivity index (χ3v) is 4.88. The molecule has 0 aliphatic carbocycles. The molecule has 2 unspecified atom stereocenters. The Balaban J connectivity index is 2.32. The van der Waals surface area contributed by atoms with Crippen LogP contribution in [-0.4, -0.2) is 26.0 Å². The van der Waals surface area contributed by atoms with Crippen LogP contribution < -0.4 is 5.32 Å². The number of hydrogen-bond donors (Lipinski definition) is 1. The van der Waals surface area contributed by atoms with E-state index in [2.05, 4.69) is 5.32 Å². The van der Waals surface area contributed by atoms with Crippen LogP contribution in [0.2, 0.25) is 5.02 Å². The van der Waals surface area contributed by atoms with Crippen molar-refractivity contribution >= 4 is 21.4 Å². The minimum Gasteiger partial charge on any atom is -0.305 e. The van der Waals surface area contributed by atoms with E-state index in [1.807, 2.05) is 25.1 Å². The molecule has 0 amide bonds. The zero-order valence-corrected chi connectivity index (χ0v) is 10.6. The Bertz CT molecular complexity index is 487. The van der Waals surface area contributed by atoms with E-state index in [-0.39, 0.29) is 23.6 Å². The molecule has 2 rings (SSSR count). The van der Waals surface area contributed by atoms with E-state index >= 15 is 0 Å². The van der Waals surface area contributed by atoms with E-state index in [1.54, 1.807) is 6.07 Å². The highest BCUT2D eigenvalue weighted by Gasteiger charge is 2.30. The topological polar surface area (TPSA) is 46.2 Å². The molecule has 3 nitrogen and oxygen atoms in total. The Hall–Kier alpha value is -0.580. The summed E-state index contributed by atoms with van der Waals surface area (Å²) in [6.07, 6.45) is 0. The third-order valence-electron chi connectivity index (χ3n) is 2.69. The van der Waals surface area contributed by atoms with Crippen LogP contribution in [0.15, 0.2) is 24.3 Å². The second-order valence-electron chi connectivity index (χ2n) is 4.22. The van der Waals surface area contributed by atoms with E-state index in [9.17, 15) is 8.42 Å². The molecule has 5 heteroatoms. The lowest BCUT2D eigenvalue weighted by Crippen LogP contribution is -2.45. The maximum absolute atomic E-state index is 11.7. The van der Waals surface area contributed by atoms with Crippen molar-refractivity contribution in [3.8, 4) is 0 Å². The Morgan fingerprint density at radius 2 is 2.00 bits per heavy atom. The maximum atomic E-state index is 11.7. The van der Waals surface area contributed by atoms with Gasteiger partial charge < -0.3 is 5.32 Å². The summed E-state index contributed by atoms with van der Waals surface area (Å²) in [7, 11) is -2.97. The van der Waals surface area contributed by atoms with E-state index in [4.69, 9.17) is 11.6 Å². The molecule has 1 aromatic carbocycles. The van der Waals surface area contributed by atoms with Gasteiger partial charge in [-0.2, -0.15) is 0 Å². The summed E-state index contributed by atoms with van der Waals surface area (Å²) in [5, 5.41) is 3.88. The van der Waals surface area contributed by atoms with Crippen molar-refractivity contribution in [1.29, 1.82) is 0 Å². The molecular formula is C11H14ClNO2S. The lowest BCUT2D eigenvalue weighted by atomic mass is 10.1. The highest BCUT2D eigenvalue weighted by molar-refractivity contribution is 7.91. The molecule has 0 aromatic heterocycles. The first kappa shape index (κ1) is 11.9. The molecule has 0 saturated carbocycles. The normalized spacial score (nSPS) is 28.9. The van der Waals surface area contributed by atoms with Crippen LogP contribution in [0.1, 0.15) is 18.5 Å². The highest BCUT2D eigenvalue weighted by atomic mass is 35.5. The fourth-order valence-corrected chi connectivity index (χ4v) is 4.12. The van der Waals surface area contributed by atoms with Gasteiger partial charge >= 0.3 is 0 Å². The maximum Gasteiger partial charge on any atom is 0.153 e. The van der Waals surface area contributed by atoms with Crippen molar-refractivity contribution in [2.75, 3.05) is 11.5 Å². The van der Waals surface area contributed by atoms with Crippen molar-refractivity contribution in [2.45, 2.75) is 19.0 Å². The van der Waals surface area contributed by atoms with E-state index < -0.39 is 9.84 Å². The largest absolute Gasteiger partial charge is 0.305 e. The second kappa shape index (κ2) is 4.35. The van der Waals surface area contributed by atoms with Crippen LogP contribution in [0.5, 0.6) is 0 Å². The SMILES string of the molecule is CC1CS(=O)(=O)CC(c2ccccc2Cl)N1. The van der Waals surface area contributed by atoms with Crippen LogP contribution in [0.3, 0.4) is 0 Å². The molecule has 0 radical (unpaired) electrons. The summed E-state index contributed by atoms with van der Waals surface area (Å²) < 4.78 is 23.3. The van der Waals surface area contributed by atoms with Gasteiger partial charge in [0.25, 0.3) is 0 Å². The quantitative estimate of drug-likeness (QED) is 0.836. The minimum atomic E-state index is -2.97. The van der Waals surface area contributed by atoms with Crippen molar-refractivity contribution in [3.05, 3.63) is 34.9 Å². The van der Waals surface area contributed by atoms with Gasteiger partial charge in [-0.1, -0.05) is 29.8 Å². The van der Waals surface area contributed by atoms with E-state index in [0.29, 0.717) is 5.02 Å². The van der Waals surface area contributed by atoms with Crippen molar-refractivity contribution in [1.82, 2.24) is 5.32 Å². The number of nitrogens with one attached hydrogen (secondary N) is 1. The standard InChI is InChI=1S/C11H14ClNO2S/c1-8-6-16(14,15)7-11(13-8)9-4-2-3-5-10(9)12/h2-5,8,11,13H,6-7H2,1H3. The molecular weight excluding hydrogens is 246 g/mol. The summed E-state index contributed by atoms with van der Waals surface area (Å²) in [6, 6.07) is 7.14. The van der Waals surface area contributed by atoms with Crippen LogP contribution in [0.4, 0.5) is 0 Å². The molecule has 1 aliphatic rings. The van der Waals surface area contributed by atoms with Crippen LogP contribution in [0.25, 0.3) is 0 Å². The number of benzene rings is 1. The van der Waals surface area contributed by atoms with Gasteiger partial charge in [-0.15, -0.1) is 0 Å². The first-order chi connectivity index (χ1) is 7.48. The molecule has 1 aliphatic heterocycles. The van der Waals surface area contributed by atoms with Gasteiger partial charge in [0.2, 0.25) is 0 Å². The van der Waals surface area contributed by atoms with Crippen LogP contribution in [-0.2, 0) is 9.84 Å². The molecule has 88 valence electrons. The van der Waals surface area contributed by atoms with Crippen molar-refractivity contribution < 1.29 is 8.42 Å². The molecule has 16 heavy (non-hydrogen) atoms. The molecule has 1 saturated heterocycles. The van der Waals surface area contributed by atoms with Crippen molar-refractivity contribution in [3.63, 3.8) is 0 Å². The molecule has 1 aromatic rings. The van der Waals surface area contributed by atoms with Crippen LogP contribution in [0, 0.1) is 0 Å². The fraction of sp³-hybridized carbons (Fsp3) is 0.455. The van der Waals surface area contributed by atoms with Gasteiger partial charge in [0.1, 0.15) is 0 Å². The van der Waals surface area contributed by atoms with Gasteiger partial charge in [-0.3, -0.25) is 0 Å². The van der Waals surface area contributed by atoms with Gasteiger partial charge in [-0.25, -0.2) is 8.42 Å². The first-order valence-corrected chi connectivity index (χ1v) is 7.39. The molecule has 1 N–H and O–H groups in total.